The molecule has 1 aromatic carbocycles. The van der Waals surface area contributed by atoms with Gasteiger partial charge in [0, 0.05) is 35.4 Å². The Kier molecular flexibility index (Phi) is 4.84. The summed E-state index contributed by atoms with van der Waals surface area (Å²) in [6, 6.07) is 9.04. The van der Waals surface area contributed by atoms with Crippen LogP contribution in [0.1, 0.15) is 22.3 Å². The fourth-order valence-electron chi connectivity index (χ4n) is 2.63. The number of thioether (sulfide) groups is 1. The monoisotopic (exact) mass is 380 g/mol. The van der Waals surface area contributed by atoms with Gasteiger partial charge in [0.15, 0.2) is 5.82 Å². The van der Waals surface area contributed by atoms with E-state index in [1.807, 2.05) is 18.2 Å². The van der Waals surface area contributed by atoms with Crippen LogP contribution in [0.3, 0.4) is 0 Å². The Morgan fingerprint density at radius 2 is 2.22 bits per heavy atom. The van der Waals surface area contributed by atoms with Gasteiger partial charge in [-0.2, -0.15) is 5.10 Å². The van der Waals surface area contributed by atoms with E-state index < -0.39 is 0 Å². The molecule has 8 nitrogen and oxygen atoms in total. The molecule has 0 unspecified atom stereocenters. The molecule has 0 aliphatic carbocycles. The van der Waals surface area contributed by atoms with E-state index in [0.717, 1.165) is 16.2 Å². The zero-order valence-electron chi connectivity index (χ0n) is 14.3. The largest absolute Gasteiger partial charge is 0.348 e. The Morgan fingerprint density at radius 3 is 3.00 bits per heavy atom. The van der Waals surface area contributed by atoms with Gasteiger partial charge in [-0.15, -0.1) is 11.8 Å². The Hall–Kier alpha value is -3.20. The van der Waals surface area contributed by atoms with Crippen molar-refractivity contribution in [2.24, 2.45) is 0 Å². The third-order valence-electron chi connectivity index (χ3n) is 4.02. The van der Waals surface area contributed by atoms with E-state index in [-0.39, 0.29) is 11.8 Å². The molecule has 0 bridgehead atoms. The fraction of sp³-hybridized carbons (Fsp3) is 0.167. The molecule has 1 aliphatic heterocycles. The average molecular weight is 380 g/mol. The van der Waals surface area contributed by atoms with Crippen LogP contribution < -0.4 is 10.6 Å². The van der Waals surface area contributed by atoms with E-state index in [1.165, 1.54) is 6.33 Å². The summed E-state index contributed by atoms with van der Waals surface area (Å²) < 4.78 is 1.56. The molecular weight excluding hydrogens is 364 g/mol. The van der Waals surface area contributed by atoms with Crippen molar-refractivity contribution in [2.75, 3.05) is 11.1 Å². The number of pyridine rings is 1. The number of hydrogen-bond acceptors (Lipinski definition) is 6. The summed E-state index contributed by atoms with van der Waals surface area (Å²) in [4.78, 5) is 33.3. The van der Waals surface area contributed by atoms with E-state index in [9.17, 15) is 9.59 Å². The zero-order valence-corrected chi connectivity index (χ0v) is 15.1. The van der Waals surface area contributed by atoms with Gasteiger partial charge in [-0.1, -0.05) is 6.07 Å². The highest BCUT2D eigenvalue weighted by Gasteiger charge is 2.15. The molecule has 2 aromatic heterocycles. The van der Waals surface area contributed by atoms with Crippen LogP contribution >= 0.6 is 11.8 Å². The van der Waals surface area contributed by atoms with E-state index in [0.29, 0.717) is 30.0 Å². The number of amides is 2. The predicted molar refractivity (Wildman–Crippen MR) is 101 cm³/mol. The lowest BCUT2D eigenvalue weighted by molar-refractivity contribution is -0.115. The van der Waals surface area contributed by atoms with Crippen molar-refractivity contribution < 1.29 is 9.59 Å². The number of hydrogen-bond donors (Lipinski definition) is 2. The maximum atomic E-state index is 12.5. The lowest BCUT2D eigenvalue weighted by Crippen LogP contribution is -2.23. The number of benzene rings is 1. The molecule has 9 heteroatoms. The summed E-state index contributed by atoms with van der Waals surface area (Å²) in [5.74, 6) is 1.16. The first-order chi connectivity index (χ1) is 13.2. The van der Waals surface area contributed by atoms with Crippen LogP contribution in [-0.2, 0) is 11.3 Å². The minimum absolute atomic E-state index is 0.0302. The lowest BCUT2D eigenvalue weighted by Gasteiger charge is -2.10. The van der Waals surface area contributed by atoms with E-state index in [1.54, 1.807) is 41.1 Å². The van der Waals surface area contributed by atoms with Crippen LogP contribution in [0, 0.1) is 0 Å². The number of aromatic nitrogens is 4. The number of anilines is 1. The van der Waals surface area contributed by atoms with Gasteiger partial charge in [-0.3, -0.25) is 9.59 Å². The molecule has 0 spiro atoms. The molecule has 3 aromatic rings. The molecule has 0 atom stereocenters. The zero-order chi connectivity index (χ0) is 18.6. The molecule has 1 aliphatic rings. The second kappa shape index (κ2) is 7.58. The van der Waals surface area contributed by atoms with Crippen molar-refractivity contribution in [3.63, 3.8) is 0 Å². The van der Waals surface area contributed by atoms with Crippen molar-refractivity contribution in [2.45, 2.75) is 17.9 Å². The maximum absolute atomic E-state index is 12.5. The molecule has 0 saturated heterocycles. The highest BCUT2D eigenvalue weighted by atomic mass is 32.2. The second-order valence-electron chi connectivity index (χ2n) is 5.90. The van der Waals surface area contributed by atoms with Crippen LogP contribution in [-0.4, -0.2) is 37.3 Å². The van der Waals surface area contributed by atoms with E-state index in [2.05, 4.69) is 25.7 Å². The smallest absolute Gasteiger partial charge is 0.251 e. The maximum Gasteiger partial charge on any atom is 0.251 e. The lowest BCUT2D eigenvalue weighted by atomic mass is 10.1. The third kappa shape index (κ3) is 3.98. The van der Waals surface area contributed by atoms with Crippen LogP contribution in [0.25, 0.3) is 5.82 Å². The number of rotatable bonds is 4. The normalized spacial score (nSPS) is 13.4. The van der Waals surface area contributed by atoms with E-state index in [4.69, 9.17) is 0 Å². The number of carbonyl (C=O) groups excluding carboxylic acids is 2. The van der Waals surface area contributed by atoms with Crippen molar-refractivity contribution >= 4 is 29.3 Å². The molecule has 27 heavy (non-hydrogen) atoms. The van der Waals surface area contributed by atoms with Crippen molar-refractivity contribution in [1.29, 1.82) is 0 Å². The number of nitrogens with zero attached hydrogens (tertiary/aromatic N) is 4. The Morgan fingerprint density at radius 1 is 1.30 bits per heavy atom. The SMILES string of the molecule is O=C1CCSc2ccc(C(=O)NCc3ccc(-n4cncn4)nc3)cc2N1. The Balaban J connectivity index is 1.41. The average Bonchev–Trinajstić information content (AvgIpc) is 3.15. The second-order valence-corrected chi connectivity index (χ2v) is 7.04. The first-order valence-electron chi connectivity index (χ1n) is 8.34. The van der Waals surface area contributed by atoms with Gasteiger partial charge in [0.25, 0.3) is 5.91 Å². The van der Waals surface area contributed by atoms with Gasteiger partial charge in [0.05, 0.1) is 5.69 Å². The molecule has 0 fully saturated rings. The minimum Gasteiger partial charge on any atom is -0.348 e. The topological polar surface area (TPSA) is 102 Å². The van der Waals surface area contributed by atoms with Crippen molar-refractivity contribution in [3.05, 3.63) is 60.3 Å². The van der Waals surface area contributed by atoms with Crippen molar-refractivity contribution in [3.8, 4) is 5.82 Å². The highest BCUT2D eigenvalue weighted by Crippen LogP contribution is 2.31. The molecular formula is C18H16N6O2S. The van der Waals surface area contributed by atoms with Gasteiger partial charge in [0.2, 0.25) is 5.91 Å². The summed E-state index contributed by atoms with van der Waals surface area (Å²) in [5, 5.41) is 9.74. The molecule has 0 radical (unpaired) electrons. The van der Waals surface area contributed by atoms with Crippen molar-refractivity contribution in [1.82, 2.24) is 25.1 Å². The fourth-order valence-corrected chi connectivity index (χ4v) is 3.57. The van der Waals surface area contributed by atoms with Gasteiger partial charge >= 0.3 is 0 Å². The molecule has 2 amide bonds. The summed E-state index contributed by atoms with van der Waals surface area (Å²) >= 11 is 1.61. The summed E-state index contributed by atoms with van der Waals surface area (Å²) in [6.07, 6.45) is 5.17. The first-order valence-corrected chi connectivity index (χ1v) is 9.32. The standard InChI is InChI=1S/C18H16N6O2S/c25-17-5-6-27-15-3-2-13(7-14(15)23-17)18(26)21-9-12-1-4-16(20-8-12)24-11-19-10-22-24/h1-4,7-8,10-11H,5-6,9H2,(H,21,26)(H,23,25). The quantitative estimate of drug-likeness (QED) is 0.718. The molecule has 4 rings (SSSR count). The number of carbonyl (C=O) groups is 2. The van der Waals surface area contributed by atoms with Crippen LogP contribution in [0.15, 0.2) is 54.1 Å². The van der Waals surface area contributed by atoms with Crippen LogP contribution in [0.4, 0.5) is 5.69 Å². The highest BCUT2D eigenvalue weighted by molar-refractivity contribution is 7.99. The van der Waals surface area contributed by atoms with Crippen LogP contribution in [0.2, 0.25) is 0 Å². The molecule has 0 saturated carbocycles. The Bertz CT molecular complexity index is 972. The van der Waals surface area contributed by atoms with Gasteiger partial charge in [0.1, 0.15) is 12.7 Å². The number of nitrogens with one attached hydrogen (secondary N) is 2. The van der Waals surface area contributed by atoms with Gasteiger partial charge in [-0.25, -0.2) is 14.6 Å². The number of fused-ring (bicyclic) bond motifs is 1. The summed E-state index contributed by atoms with van der Waals surface area (Å²) in [6.45, 7) is 0.349. The Labute approximate surface area is 159 Å². The predicted octanol–water partition coefficient (Wildman–Crippen LogP) is 2.03. The first kappa shape index (κ1) is 17.2. The summed E-state index contributed by atoms with van der Waals surface area (Å²) in [5.41, 5.74) is 2.06. The minimum atomic E-state index is -0.207. The molecule has 3 heterocycles. The molecule has 2 N–H and O–H groups in total. The van der Waals surface area contributed by atoms with Gasteiger partial charge in [-0.05, 0) is 29.8 Å². The molecule has 136 valence electrons. The van der Waals surface area contributed by atoms with Gasteiger partial charge < -0.3 is 10.6 Å². The summed E-state index contributed by atoms with van der Waals surface area (Å²) in [7, 11) is 0. The van der Waals surface area contributed by atoms with Crippen LogP contribution in [0.5, 0.6) is 0 Å². The third-order valence-corrected chi connectivity index (χ3v) is 5.09. The van der Waals surface area contributed by atoms with E-state index >= 15 is 0 Å².